The summed E-state index contributed by atoms with van der Waals surface area (Å²) in [5.74, 6) is -0.834. The van der Waals surface area contributed by atoms with Crippen molar-refractivity contribution in [3.63, 3.8) is 0 Å². The lowest BCUT2D eigenvalue weighted by Gasteiger charge is -2.30. The molecule has 0 bridgehead atoms. The molecule has 0 aliphatic heterocycles. The Kier molecular flexibility index (Phi) is 4.41. The maximum atomic E-state index is 11.7. The van der Waals surface area contributed by atoms with E-state index in [1.807, 2.05) is 73.3 Å². The number of hydrogen-bond donors (Lipinski definition) is 1. The Balaban J connectivity index is 2.44. The van der Waals surface area contributed by atoms with Crippen LogP contribution in [0.25, 0.3) is 0 Å². The van der Waals surface area contributed by atoms with Crippen LogP contribution in [0.1, 0.15) is 24.1 Å². The minimum atomic E-state index is -0.834. The van der Waals surface area contributed by atoms with E-state index in [0.717, 1.165) is 16.8 Å². The van der Waals surface area contributed by atoms with Crippen LogP contribution in [0.4, 0.5) is 5.69 Å². The minimum Gasteiger partial charge on any atom is -0.479 e. The molecule has 0 saturated carbocycles. The van der Waals surface area contributed by atoms with Gasteiger partial charge in [-0.25, -0.2) is 4.79 Å². The third-order valence-corrected chi connectivity index (χ3v) is 3.33. The Bertz CT molecular complexity index is 581. The Hall–Kier alpha value is -2.29. The molecule has 1 N–H and O–H groups in total. The highest BCUT2D eigenvalue weighted by Crippen LogP contribution is 2.27. The van der Waals surface area contributed by atoms with Crippen molar-refractivity contribution in [1.82, 2.24) is 0 Å². The van der Waals surface area contributed by atoms with Crippen molar-refractivity contribution >= 4 is 11.7 Å². The quantitative estimate of drug-likeness (QED) is 0.900. The van der Waals surface area contributed by atoms with Crippen LogP contribution < -0.4 is 4.90 Å². The van der Waals surface area contributed by atoms with E-state index >= 15 is 0 Å². The number of nitrogens with zero attached hydrogens (tertiary/aromatic N) is 1. The van der Waals surface area contributed by atoms with Crippen LogP contribution in [0, 0.1) is 6.92 Å². The lowest BCUT2D eigenvalue weighted by Crippen LogP contribution is -2.34. The molecule has 0 aliphatic rings. The molecule has 2 aromatic rings. The SMILES string of the molecule is CCN(c1cccc(C)c1)C(C(=O)O)c1ccccc1. The maximum Gasteiger partial charge on any atom is 0.331 e. The van der Waals surface area contributed by atoms with E-state index in [2.05, 4.69) is 0 Å². The fraction of sp³-hybridized carbons (Fsp3) is 0.235. The van der Waals surface area contributed by atoms with E-state index in [1.54, 1.807) is 0 Å². The highest BCUT2D eigenvalue weighted by atomic mass is 16.4. The van der Waals surface area contributed by atoms with Gasteiger partial charge in [0.1, 0.15) is 0 Å². The highest BCUT2D eigenvalue weighted by Gasteiger charge is 2.26. The highest BCUT2D eigenvalue weighted by molar-refractivity contribution is 5.80. The summed E-state index contributed by atoms with van der Waals surface area (Å²) >= 11 is 0. The molecule has 0 radical (unpaired) electrons. The first kappa shape index (κ1) is 14.1. The third kappa shape index (κ3) is 2.99. The standard InChI is InChI=1S/C17H19NO2/c1-3-18(15-11-7-8-13(2)12-15)16(17(19)20)14-9-5-4-6-10-14/h4-12,16H,3H2,1-2H3,(H,19,20). The normalized spacial score (nSPS) is 11.9. The van der Waals surface area contributed by atoms with Gasteiger partial charge in [0.25, 0.3) is 0 Å². The van der Waals surface area contributed by atoms with Crippen LogP contribution >= 0.6 is 0 Å². The second-order valence-corrected chi connectivity index (χ2v) is 4.78. The summed E-state index contributed by atoms with van der Waals surface area (Å²) < 4.78 is 0. The Morgan fingerprint density at radius 3 is 2.40 bits per heavy atom. The predicted octanol–water partition coefficient (Wildman–Crippen LogP) is 3.65. The number of aryl methyl sites for hydroxylation is 1. The zero-order valence-electron chi connectivity index (χ0n) is 11.8. The smallest absolute Gasteiger partial charge is 0.331 e. The average Bonchev–Trinajstić information content (AvgIpc) is 2.45. The number of hydrogen-bond acceptors (Lipinski definition) is 2. The molecule has 104 valence electrons. The zero-order chi connectivity index (χ0) is 14.5. The van der Waals surface area contributed by atoms with Crippen LogP contribution in [-0.4, -0.2) is 17.6 Å². The van der Waals surface area contributed by atoms with Gasteiger partial charge >= 0.3 is 5.97 Å². The predicted molar refractivity (Wildman–Crippen MR) is 81.0 cm³/mol. The molecule has 0 heterocycles. The van der Waals surface area contributed by atoms with Crippen molar-refractivity contribution in [3.8, 4) is 0 Å². The Morgan fingerprint density at radius 1 is 1.15 bits per heavy atom. The monoisotopic (exact) mass is 269 g/mol. The molecule has 1 unspecified atom stereocenters. The topological polar surface area (TPSA) is 40.5 Å². The number of carboxylic acid groups (broad SMARTS) is 1. The number of anilines is 1. The third-order valence-electron chi connectivity index (χ3n) is 3.33. The Labute approximate surface area is 119 Å². The van der Waals surface area contributed by atoms with Crippen LogP contribution in [0.15, 0.2) is 54.6 Å². The summed E-state index contributed by atoms with van der Waals surface area (Å²) in [5.41, 5.74) is 2.85. The first-order chi connectivity index (χ1) is 9.63. The van der Waals surface area contributed by atoms with Gasteiger partial charge < -0.3 is 10.0 Å². The molecular weight excluding hydrogens is 250 g/mol. The number of likely N-dealkylation sites (N-methyl/N-ethyl adjacent to an activating group) is 1. The number of aliphatic carboxylic acids is 1. The molecule has 0 aromatic heterocycles. The van der Waals surface area contributed by atoms with E-state index in [4.69, 9.17) is 0 Å². The van der Waals surface area contributed by atoms with Gasteiger partial charge in [-0.15, -0.1) is 0 Å². The molecule has 3 nitrogen and oxygen atoms in total. The molecule has 2 rings (SSSR count). The first-order valence-corrected chi connectivity index (χ1v) is 6.74. The van der Waals surface area contributed by atoms with Gasteiger partial charge in [-0.05, 0) is 37.1 Å². The van der Waals surface area contributed by atoms with Crippen LogP contribution in [0.2, 0.25) is 0 Å². The molecule has 3 heteroatoms. The molecule has 1 atom stereocenters. The number of rotatable bonds is 5. The summed E-state index contributed by atoms with van der Waals surface area (Å²) in [6.45, 7) is 4.62. The van der Waals surface area contributed by atoms with Gasteiger partial charge in [-0.2, -0.15) is 0 Å². The summed E-state index contributed by atoms with van der Waals surface area (Å²) in [5, 5.41) is 9.62. The molecule has 0 saturated heterocycles. The molecule has 0 amide bonds. The Morgan fingerprint density at radius 2 is 1.85 bits per heavy atom. The molecule has 2 aromatic carbocycles. The van der Waals surface area contributed by atoms with Gasteiger partial charge in [0.15, 0.2) is 6.04 Å². The molecule has 0 spiro atoms. The van der Waals surface area contributed by atoms with Crippen molar-refractivity contribution in [1.29, 1.82) is 0 Å². The van der Waals surface area contributed by atoms with Crippen molar-refractivity contribution in [3.05, 3.63) is 65.7 Å². The van der Waals surface area contributed by atoms with Gasteiger partial charge in [0, 0.05) is 12.2 Å². The molecule has 20 heavy (non-hydrogen) atoms. The summed E-state index contributed by atoms with van der Waals surface area (Å²) in [4.78, 5) is 13.6. The summed E-state index contributed by atoms with van der Waals surface area (Å²) in [6, 6.07) is 16.6. The summed E-state index contributed by atoms with van der Waals surface area (Å²) in [6.07, 6.45) is 0. The second kappa shape index (κ2) is 6.24. The molecule has 0 aliphatic carbocycles. The largest absolute Gasteiger partial charge is 0.479 e. The van der Waals surface area contributed by atoms with Gasteiger partial charge in [-0.1, -0.05) is 42.5 Å². The summed E-state index contributed by atoms with van der Waals surface area (Å²) in [7, 11) is 0. The second-order valence-electron chi connectivity index (χ2n) is 4.78. The van der Waals surface area contributed by atoms with Crippen molar-refractivity contribution < 1.29 is 9.90 Å². The minimum absolute atomic E-state index is 0.634. The lowest BCUT2D eigenvalue weighted by molar-refractivity contribution is -0.138. The van der Waals surface area contributed by atoms with Crippen LogP contribution in [-0.2, 0) is 4.79 Å². The van der Waals surface area contributed by atoms with Crippen molar-refractivity contribution in [2.75, 3.05) is 11.4 Å². The van der Waals surface area contributed by atoms with E-state index in [1.165, 1.54) is 0 Å². The van der Waals surface area contributed by atoms with Gasteiger partial charge in [-0.3, -0.25) is 0 Å². The average molecular weight is 269 g/mol. The lowest BCUT2D eigenvalue weighted by atomic mass is 10.0. The fourth-order valence-electron chi connectivity index (χ4n) is 2.41. The number of carbonyl (C=O) groups is 1. The first-order valence-electron chi connectivity index (χ1n) is 6.74. The maximum absolute atomic E-state index is 11.7. The van der Waals surface area contributed by atoms with Crippen LogP contribution in [0.3, 0.4) is 0 Å². The van der Waals surface area contributed by atoms with Gasteiger partial charge in [0.2, 0.25) is 0 Å². The van der Waals surface area contributed by atoms with E-state index in [0.29, 0.717) is 6.54 Å². The number of carboxylic acids is 1. The molecule has 0 fully saturated rings. The van der Waals surface area contributed by atoms with Crippen LogP contribution in [0.5, 0.6) is 0 Å². The molecular formula is C17H19NO2. The van der Waals surface area contributed by atoms with Gasteiger partial charge in [0.05, 0.1) is 0 Å². The van der Waals surface area contributed by atoms with Crippen molar-refractivity contribution in [2.24, 2.45) is 0 Å². The van der Waals surface area contributed by atoms with E-state index in [9.17, 15) is 9.90 Å². The number of benzene rings is 2. The van der Waals surface area contributed by atoms with E-state index in [-0.39, 0.29) is 0 Å². The van der Waals surface area contributed by atoms with E-state index < -0.39 is 12.0 Å². The fourth-order valence-corrected chi connectivity index (χ4v) is 2.41. The van der Waals surface area contributed by atoms with Crippen molar-refractivity contribution in [2.45, 2.75) is 19.9 Å². The zero-order valence-corrected chi connectivity index (χ0v) is 11.8.